The van der Waals surface area contributed by atoms with E-state index in [1.807, 2.05) is 37.3 Å². The van der Waals surface area contributed by atoms with Crippen molar-refractivity contribution in [3.05, 3.63) is 70.4 Å². The number of ether oxygens (including phenoxy) is 1. The number of hydrogen-bond donors (Lipinski definition) is 1. The molecule has 0 aliphatic rings. The minimum absolute atomic E-state index is 0.265. The molecule has 0 spiro atoms. The van der Waals surface area contributed by atoms with Crippen molar-refractivity contribution < 1.29 is 9.53 Å². The summed E-state index contributed by atoms with van der Waals surface area (Å²) < 4.78 is 5.34. The van der Waals surface area contributed by atoms with Crippen LogP contribution in [-0.4, -0.2) is 23.7 Å². The number of nitrogens with zero attached hydrogens (tertiary/aromatic N) is 3. The molecule has 1 aromatic heterocycles. The quantitative estimate of drug-likeness (QED) is 0.417. The van der Waals surface area contributed by atoms with Crippen LogP contribution in [0, 0.1) is 18.3 Å². The van der Waals surface area contributed by atoms with Crippen LogP contribution in [0.25, 0.3) is 10.9 Å². The smallest absolute Gasteiger partial charge is 0.277 e. The number of hydrogen-bond acceptors (Lipinski definition) is 5. The highest BCUT2D eigenvalue weighted by atomic mass is 35.5. The molecule has 7 heteroatoms. The Kier molecular flexibility index (Phi) is 5.64. The Balaban J connectivity index is 1.63. The molecule has 6 nitrogen and oxygen atoms in total. The predicted octanol–water partition coefficient (Wildman–Crippen LogP) is 3.60. The van der Waals surface area contributed by atoms with Crippen LogP contribution in [0.2, 0.25) is 5.15 Å². The third-order valence-electron chi connectivity index (χ3n) is 3.79. The maximum atomic E-state index is 11.9. The number of benzene rings is 2. The van der Waals surface area contributed by atoms with Gasteiger partial charge in [0.2, 0.25) is 0 Å². The molecule has 27 heavy (non-hydrogen) atoms. The fraction of sp³-hybridized carbons (Fsp3) is 0.100. The number of aryl methyl sites for hydroxylation is 1. The number of aromatic nitrogens is 1. The Hall–Kier alpha value is -3.43. The summed E-state index contributed by atoms with van der Waals surface area (Å²) in [5, 5.41) is 14.1. The summed E-state index contributed by atoms with van der Waals surface area (Å²) in [4.78, 5) is 16.2. The van der Waals surface area contributed by atoms with Gasteiger partial charge < -0.3 is 4.74 Å². The number of amides is 1. The highest BCUT2D eigenvalue weighted by molar-refractivity contribution is 6.32. The molecule has 3 aromatic rings. The first-order valence-corrected chi connectivity index (χ1v) is 8.46. The Morgan fingerprint density at radius 1 is 1.33 bits per heavy atom. The first kappa shape index (κ1) is 18.4. The average Bonchev–Trinajstić information content (AvgIpc) is 2.68. The van der Waals surface area contributed by atoms with Gasteiger partial charge in [0.15, 0.2) is 6.61 Å². The summed E-state index contributed by atoms with van der Waals surface area (Å²) in [5.41, 5.74) is 5.17. The molecular formula is C20H15ClN4O2. The van der Waals surface area contributed by atoms with Crippen LogP contribution in [-0.2, 0) is 4.79 Å². The minimum atomic E-state index is -0.459. The van der Waals surface area contributed by atoms with Gasteiger partial charge in [0.1, 0.15) is 17.0 Å². The van der Waals surface area contributed by atoms with Crippen molar-refractivity contribution in [2.45, 2.75) is 6.92 Å². The maximum absolute atomic E-state index is 11.9. The van der Waals surface area contributed by atoms with Gasteiger partial charge >= 0.3 is 0 Å². The standard InChI is InChI=1S/C20H15ClN4O2/c1-13-5-4-7-14-9-16(20(21)24-19(13)14)11-23-25-18(26)12-27-17-8-3-2-6-15(17)10-22/h2-9,11H,12H2,1H3,(H,25,26)/b23-11-. The number of halogens is 1. The molecule has 3 rings (SSSR count). The van der Waals surface area contributed by atoms with E-state index in [9.17, 15) is 4.79 Å². The molecule has 2 aromatic carbocycles. The van der Waals surface area contributed by atoms with Gasteiger partial charge in [-0.25, -0.2) is 10.4 Å². The van der Waals surface area contributed by atoms with Gasteiger partial charge in [0.05, 0.1) is 17.3 Å². The van der Waals surface area contributed by atoms with Crippen molar-refractivity contribution in [3.8, 4) is 11.8 Å². The zero-order valence-corrected chi connectivity index (χ0v) is 15.2. The SMILES string of the molecule is Cc1cccc2cc(/C=N\NC(=O)COc3ccccc3C#N)c(Cl)nc12. The number of fused-ring (bicyclic) bond motifs is 1. The van der Waals surface area contributed by atoms with E-state index in [-0.39, 0.29) is 6.61 Å². The molecule has 1 heterocycles. The van der Waals surface area contributed by atoms with E-state index in [0.717, 1.165) is 16.5 Å². The Morgan fingerprint density at radius 2 is 2.15 bits per heavy atom. The summed E-state index contributed by atoms with van der Waals surface area (Å²) in [6, 6.07) is 16.4. The normalized spacial score (nSPS) is 10.7. The van der Waals surface area contributed by atoms with E-state index in [0.29, 0.717) is 22.0 Å². The average molecular weight is 379 g/mol. The number of para-hydroxylation sites is 2. The van der Waals surface area contributed by atoms with E-state index in [4.69, 9.17) is 21.6 Å². The van der Waals surface area contributed by atoms with E-state index in [2.05, 4.69) is 15.5 Å². The Bertz CT molecular complexity index is 1070. The van der Waals surface area contributed by atoms with Gasteiger partial charge in [-0.1, -0.05) is 41.9 Å². The number of hydrazone groups is 1. The first-order chi connectivity index (χ1) is 13.1. The second-order valence-corrected chi connectivity index (χ2v) is 6.06. The first-order valence-electron chi connectivity index (χ1n) is 8.08. The van der Waals surface area contributed by atoms with Crippen LogP contribution in [0.5, 0.6) is 5.75 Å². The maximum Gasteiger partial charge on any atom is 0.277 e. The lowest BCUT2D eigenvalue weighted by atomic mass is 10.1. The summed E-state index contributed by atoms with van der Waals surface area (Å²) in [5.74, 6) is -0.115. The van der Waals surface area contributed by atoms with Crippen molar-refractivity contribution in [3.63, 3.8) is 0 Å². The predicted molar refractivity (Wildman–Crippen MR) is 104 cm³/mol. The molecule has 0 saturated heterocycles. The largest absolute Gasteiger partial charge is 0.482 e. The van der Waals surface area contributed by atoms with Crippen molar-refractivity contribution in [2.24, 2.45) is 5.10 Å². The number of pyridine rings is 1. The van der Waals surface area contributed by atoms with Crippen LogP contribution in [0.3, 0.4) is 0 Å². The second kappa shape index (κ2) is 8.30. The molecule has 0 atom stereocenters. The van der Waals surface area contributed by atoms with Gasteiger partial charge in [0.25, 0.3) is 5.91 Å². The highest BCUT2D eigenvalue weighted by Gasteiger charge is 2.07. The number of nitrogens with one attached hydrogen (secondary N) is 1. The van der Waals surface area contributed by atoms with Crippen molar-refractivity contribution in [1.82, 2.24) is 10.4 Å². The molecule has 1 N–H and O–H groups in total. The molecular weight excluding hydrogens is 364 g/mol. The lowest BCUT2D eigenvalue weighted by Gasteiger charge is -2.06. The topological polar surface area (TPSA) is 87.4 Å². The zero-order chi connectivity index (χ0) is 19.2. The summed E-state index contributed by atoms with van der Waals surface area (Å²) in [6.07, 6.45) is 1.43. The molecule has 1 amide bonds. The highest BCUT2D eigenvalue weighted by Crippen LogP contribution is 2.21. The van der Waals surface area contributed by atoms with E-state index >= 15 is 0 Å². The third kappa shape index (κ3) is 4.40. The zero-order valence-electron chi connectivity index (χ0n) is 14.4. The van der Waals surface area contributed by atoms with Crippen LogP contribution in [0.4, 0.5) is 0 Å². The fourth-order valence-corrected chi connectivity index (χ4v) is 2.65. The Labute approximate surface area is 161 Å². The van der Waals surface area contributed by atoms with Crippen molar-refractivity contribution in [1.29, 1.82) is 5.26 Å². The van der Waals surface area contributed by atoms with Crippen molar-refractivity contribution >= 4 is 34.6 Å². The molecule has 0 saturated carbocycles. The lowest BCUT2D eigenvalue weighted by Crippen LogP contribution is -2.24. The summed E-state index contributed by atoms with van der Waals surface area (Å²) in [7, 11) is 0. The van der Waals surface area contributed by atoms with Gasteiger partial charge in [0, 0.05) is 10.9 Å². The fourth-order valence-electron chi connectivity index (χ4n) is 2.47. The molecule has 0 radical (unpaired) electrons. The number of rotatable bonds is 5. The van der Waals surface area contributed by atoms with Crippen LogP contribution in [0.1, 0.15) is 16.7 Å². The van der Waals surface area contributed by atoms with Crippen LogP contribution in [0.15, 0.2) is 53.6 Å². The third-order valence-corrected chi connectivity index (χ3v) is 4.09. The molecule has 0 aliphatic heterocycles. The molecule has 134 valence electrons. The van der Waals surface area contributed by atoms with Crippen LogP contribution < -0.4 is 10.2 Å². The summed E-state index contributed by atoms with van der Waals surface area (Å²) >= 11 is 6.19. The molecule has 0 fully saturated rings. The van der Waals surface area contributed by atoms with Gasteiger partial charge in [-0.15, -0.1) is 0 Å². The van der Waals surface area contributed by atoms with E-state index < -0.39 is 5.91 Å². The van der Waals surface area contributed by atoms with Gasteiger partial charge in [-0.05, 0) is 30.7 Å². The molecule has 0 bridgehead atoms. The van der Waals surface area contributed by atoms with Gasteiger partial charge in [-0.3, -0.25) is 4.79 Å². The number of carbonyl (C=O) groups is 1. The number of carbonyl (C=O) groups excluding carboxylic acids is 1. The minimum Gasteiger partial charge on any atom is -0.482 e. The van der Waals surface area contributed by atoms with Crippen molar-refractivity contribution in [2.75, 3.05) is 6.61 Å². The monoisotopic (exact) mass is 378 g/mol. The van der Waals surface area contributed by atoms with E-state index in [1.165, 1.54) is 6.21 Å². The second-order valence-electron chi connectivity index (χ2n) is 5.70. The Morgan fingerprint density at radius 3 is 2.96 bits per heavy atom. The van der Waals surface area contributed by atoms with Gasteiger partial charge in [-0.2, -0.15) is 10.4 Å². The molecule has 0 unspecified atom stereocenters. The number of nitriles is 1. The lowest BCUT2D eigenvalue weighted by molar-refractivity contribution is -0.123. The summed E-state index contributed by atoms with van der Waals surface area (Å²) in [6.45, 7) is 1.70. The van der Waals surface area contributed by atoms with E-state index in [1.54, 1.807) is 24.3 Å². The van der Waals surface area contributed by atoms with Crippen LogP contribution >= 0.6 is 11.6 Å². The molecule has 0 aliphatic carbocycles.